The van der Waals surface area contributed by atoms with Crippen LogP contribution in [0.15, 0.2) is 67.1 Å². The van der Waals surface area contributed by atoms with Gasteiger partial charge in [-0.1, -0.05) is 23.8 Å². The van der Waals surface area contributed by atoms with Crippen LogP contribution in [0.25, 0.3) is 16.9 Å². The predicted octanol–water partition coefficient (Wildman–Crippen LogP) is 4.65. The van der Waals surface area contributed by atoms with Gasteiger partial charge in [-0.25, -0.2) is 4.98 Å². The fourth-order valence-corrected chi connectivity index (χ4v) is 4.34. The third-order valence-corrected chi connectivity index (χ3v) is 6.29. The molecule has 1 aromatic carbocycles. The molecule has 5 rings (SSSR count). The third-order valence-electron chi connectivity index (χ3n) is 6.29. The topological polar surface area (TPSA) is 45.8 Å². The highest BCUT2D eigenvalue weighted by Gasteiger charge is 2.27. The van der Waals surface area contributed by atoms with E-state index in [2.05, 4.69) is 73.0 Å². The first-order chi connectivity index (χ1) is 15.5. The second-order valence-electron chi connectivity index (χ2n) is 8.80. The first-order valence-corrected chi connectivity index (χ1v) is 11.3. The summed E-state index contributed by atoms with van der Waals surface area (Å²) in [6.07, 6.45) is 6.15. The molecule has 1 aliphatic heterocycles. The number of aryl methyl sites for hydroxylation is 1. The highest BCUT2D eigenvalue weighted by Crippen LogP contribution is 2.26. The minimum absolute atomic E-state index is 0.00629. The van der Waals surface area contributed by atoms with Crippen LogP contribution in [0.4, 0.5) is 5.69 Å². The fraction of sp³-hybridized carbons (Fsp3) is 0.308. The first kappa shape index (κ1) is 20.4. The van der Waals surface area contributed by atoms with Crippen molar-refractivity contribution in [1.82, 2.24) is 18.9 Å². The van der Waals surface area contributed by atoms with E-state index in [4.69, 9.17) is 4.98 Å². The van der Waals surface area contributed by atoms with E-state index in [9.17, 15) is 4.79 Å². The van der Waals surface area contributed by atoms with Gasteiger partial charge in [-0.3, -0.25) is 9.20 Å². The van der Waals surface area contributed by atoms with Crippen molar-refractivity contribution in [1.29, 1.82) is 0 Å². The molecule has 0 radical (unpaired) electrons. The van der Waals surface area contributed by atoms with Crippen LogP contribution in [-0.4, -0.2) is 50.9 Å². The lowest BCUT2D eigenvalue weighted by Crippen LogP contribution is -2.48. The number of imidazole rings is 1. The zero-order valence-electron chi connectivity index (χ0n) is 18.9. The van der Waals surface area contributed by atoms with Gasteiger partial charge in [0.25, 0.3) is 5.91 Å². The number of aromatic nitrogens is 3. The van der Waals surface area contributed by atoms with Crippen LogP contribution in [-0.2, 0) is 0 Å². The molecule has 6 nitrogen and oxygen atoms in total. The number of benzene rings is 1. The van der Waals surface area contributed by atoms with E-state index in [0.717, 1.165) is 30.0 Å². The van der Waals surface area contributed by atoms with Gasteiger partial charge in [-0.05, 0) is 51.1 Å². The summed E-state index contributed by atoms with van der Waals surface area (Å²) in [7, 11) is 0. The lowest BCUT2D eigenvalue weighted by Gasteiger charge is -2.36. The van der Waals surface area contributed by atoms with Crippen LogP contribution in [0.3, 0.4) is 0 Å². The molecule has 0 N–H and O–H groups in total. The molecule has 1 saturated heterocycles. The van der Waals surface area contributed by atoms with Crippen molar-refractivity contribution in [2.45, 2.75) is 26.8 Å². The van der Waals surface area contributed by atoms with Crippen molar-refractivity contribution in [3.05, 3.63) is 78.4 Å². The van der Waals surface area contributed by atoms with Crippen molar-refractivity contribution in [3.63, 3.8) is 0 Å². The van der Waals surface area contributed by atoms with Gasteiger partial charge < -0.3 is 14.4 Å². The number of amides is 1. The quantitative estimate of drug-likeness (QED) is 0.476. The predicted molar refractivity (Wildman–Crippen MR) is 128 cm³/mol. The SMILES string of the molecule is Cc1ccc(N2CCN(C(=O)c3nc(-c4ccn(C(C)C)c4)n4ccccc34)CC2)cc1. The van der Waals surface area contributed by atoms with Gasteiger partial charge in [0.15, 0.2) is 5.69 Å². The van der Waals surface area contributed by atoms with E-state index in [-0.39, 0.29) is 5.91 Å². The van der Waals surface area contributed by atoms with E-state index in [1.807, 2.05) is 33.7 Å². The van der Waals surface area contributed by atoms with E-state index in [0.29, 0.717) is 24.8 Å². The molecule has 0 atom stereocenters. The number of piperazine rings is 1. The lowest BCUT2D eigenvalue weighted by atomic mass is 10.2. The van der Waals surface area contributed by atoms with Crippen molar-refractivity contribution in [3.8, 4) is 11.4 Å². The number of carbonyl (C=O) groups is 1. The smallest absolute Gasteiger partial charge is 0.274 e. The molecule has 6 heteroatoms. The van der Waals surface area contributed by atoms with Crippen LogP contribution in [0, 0.1) is 6.92 Å². The molecule has 1 fully saturated rings. The molecule has 3 aromatic heterocycles. The Balaban J connectivity index is 1.40. The number of fused-ring (bicyclic) bond motifs is 1. The largest absolute Gasteiger partial charge is 0.368 e. The Bertz CT molecular complexity index is 1240. The van der Waals surface area contributed by atoms with Crippen molar-refractivity contribution < 1.29 is 4.79 Å². The molecule has 164 valence electrons. The van der Waals surface area contributed by atoms with Gasteiger partial charge in [0.1, 0.15) is 5.82 Å². The zero-order valence-corrected chi connectivity index (χ0v) is 18.9. The molecule has 0 bridgehead atoms. The standard InChI is InChI=1S/C26H29N5O/c1-19(2)30-13-11-21(18-30)25-27-24(23-6-4-5-12-31(23)25)26(32)29-16-14-28(15-17-29)22-9-7-20(3)8-10-22/h4-13,18-19H,14-17H2,1-3H3. The highest BCUT2D eigenvalue weighted by atomic mass is 16.2. The molecule has 0 aliphatic carbocycles. The van der Waals surface area contributed by atoms with E-state index in [1.165, 1.54) is 11.3 Å². The van der Waals surface area contributed by atoms with Crippen LogP contribution in [0.5, 0.6) is 0 Å². The summed E-state index contributed by atoms with van der Waals surface area (Å²) in [6, 6.07) is 17.0. The summed E-state index contributed by atoms with van der Waals surface area (Å²) < 4.78 is 4.18. The molecule has 1 aliphatic rings. The second kappa shape index (κ2) is 8.19. The van der Waals surface area contributed by atoms with Crippen LogP contribution in [0.1, 0.15) is 35.9 Å². The van der Waals surface area contributed by atoms with Gasteiger partial charge in [-0.15, -0.1) is 0 Å². The Morgan fingerprint density at radius 1 is 0.938 bits per heavy atom. The van der Waals surface area contributed by atoms with Gasteiger partial charge in [-0.2, -0.15) is 0 Å². The fourth-order valence-electron chi connectivity index (χ4n) is 4.34. The first-order valence-electron chi connectivity index (χ1n) is 11.3. The van der Waals surface area contributed by atoms with E-state index < -0.39 is 0 Å². The minimum atomic E-state index is 0.00629. The summed E-state index contributed by atoms with van der Waals surface area (Å²) in [5, 5.41) is 0. The number of nitrogens with zero attached hydrogens (tertiary/aromatic N) is 5. The Morgan fingerprint density at radius 3 is 2.38 bits per heavy atom. The summed E-state index contributed by atoms with van der Waals surface area (Å²) in [6.45, 7) is 9.43. The zero-order chi connectivity index (χ0) is 22.2. The third kappa shape index (κ3) is 3.66. The summed E-state index contributed by atoms with van der Waals surface area (Å²) in [5.74, 6) is 0.813. The normalized spacial score (nSPS) is 14.5. The average Bonchev–Trinajstić information content (AvgIpc) is 3.45. The maximum absolute atomic E-state index is 13.5. The average molecular weight is 428 g/mol. The molecular formula is C26H29N5O. The Kier molecular flexibility index (Phi) is 5.21. The van der Waals surface area contributed by atoms with Gasteiger partial charge in [0.2, 0.25) is 0 Å². The number of anilines is 1. The van der Waals surface area contributed by atoms with Crippen molar-refractivity contribution in [2.75, 3.05) is 31.1 Å². The van der Waals surface area contributed by atoms with Gasteiger partial charge in [0.05, 0.1) is 5.52 Å². The maximum Gasteiger partial charge on any atom is 0.274 e. The number of pyridine rings is 1. The van der Waals surface area contributed by atoms with E-state index in [1.54, 1.807) is 0 Å². The van der Waals surface area contributed by atoms with E-state index >= 15 is 0 Å². The summed E-state index contributed by atoms with van der Waals surface area (Å²) in [5.41, 5.74) is 4.87. The van der Waals surface area contributed by atoms with Crippen molar-refractivity contribution in [2.24, 2.45) is 0 Å². The van der Waals surface area contributed by atoms with Crippen LogP contribution >= 0.6 is 0 Å². The molecule has 0 spiro atoms. The molecular weight excluding hydrogens is 398 g/mol. The highest BCUT2D eigenvalue weighted by molar-refractivity contribution is 6.00. The summed E-state index contributed by atoms with van der Waals surface area (Å²) in [4.78, 5) is 22.6. The van der Waals surface area contributed by atoms with Crippen molar-refractivity contribution >= 4 is 17.1 Å². The Morgan fingerprint density at radius 2 is 1.69 bits per heavy atom. The number of rotatable bonds is 4. The molecule has 0 unspecified atom stereocenters. The van der Waals surface area contributed by atoms with Crippen LogP contribution in [0.2, 0.25) is 0 Å². The summed E-state index contributed by atoms with van der Waals surface area (Å²) >= 11 is 0. The molecule has 32 heavy (non-hydrogen) atoms. The molecule has 1 amide bonds. The van der Waals surface area contributed by atoms with Gasteiger partial charge in [0, 0.05) is 62.1 Å². The molecule has 4 aromatic rings. The monoisotopic (exact) mass is 427 g/mol. The van der Waals surface area contributed by atoms with Gasteiger partial charge >= 0.3 is 0 Å². The Hall–Kier alpha value is -3.54. The van der Waals surface area contributed by atoms with Crippen LogP contribution < -0.4 is 4.90 Å². The Labute approximate surface area is 188 Å². The molecule has 4 heterocycles. The number of carbonyl (C=O) groups excluding carboxylic acids is 1. The number of hydrogen-bond acceptors (Lipinski definition) is 3. The maximum atomic E-state index is 13.5. The lowest BCUT2D eigenvalue weighted by molar-refractivity contribution is 0.0743. The minimum Gasteiger partial charge on any atom is -0.368 e. The second-order valence-corrected chi connectivity index (χ2v) is 8.80. The molecule has 0 saturated carbocycles. The number of hydrogen-bond donors (Lipinski definition) is 0.